The Balaban J connectivity index is 1.73. The molecule has 0 radical (unpaired) electrons. The number of aryl methyl sites for hydroxylation is 1. The van der Waals surface area contributed by atoms with Crippen molar-refractivity contribution < 1.29 is 19.4 Å². The van der Waals surface area contributed by atoms with Gasteiger partial charge in [-0.25, -0.2) is 4.79 Å². The summed E-state index contributed by atoms with van der Waals surface area (Å²) in [5, 5.41) is 9.79. The zero-order chi connectivity index (χ0) is 22.0. The van der Waals surface area contributed by atoms with Crippen molar-refractivity contribution in [3.8, 4) is 16.9 Å². The maximum absolute atomic E-state index is 13.6. The van der Waals surface area contributed by atoms with Gasteiger partial charge in [0.1, 0.15) is 11.8 Å². The first-order chi connectivity index (χ1) is 15.0. The summed E-state index contributed by atoms with van der Waals surface area (Å²) in [6, 6.07) is 21.8. The van der Waals surface area contributed by atoms with Crippen LogP contribution in [0.4, 0.5) is 0 Å². The van der Waals surface area contributed by atoms with Crippen LogP contribution in [0.15, 0.2) is 72.8 Å². The summed E-state index contributed by atoms with van der Waals surface area (Å²) in [5.41, 5.74) is 4.33. The Morgan fingerprint density at radius 2 is 1.68 bits per heavy atom. The van der Waals surface area contributed by atoms with Gasteiger partial charge in [-0.1, -0.05) is 54.6 Å². The highest BCUT2D eigenvalue weighted by Gasteiger charge is 2.42. The van der Waals surface area contributed by atoms with E-state index in [2.05, 4.69) is 0 Å². The highest BCUT2D eigenvalue weighted by molar-refractivity contribution is 5.98. The largest absolute Gasteiger partial charge is 0.496 e. The maximum atomic E-state index is 13.6. The molecule has 158 valence electrons. The Labute approximate surface area is 181 Å². The molecule has 0 aliphatic carbocycles. The van der Waals surface area contributed by atoms with Gasteiger partial charge < -0.3 is 14.7 Å². The van der Waals surface area contributed by atoms with Crippen LogP contribution >= 0.6 is 0 Å². The topological polar surface area (TPSA) is 66.8 Å². The average Bonchev–Trinajstić information content (AvgIpc) is 3.24. The summed E-state index contributed by atoms with van der Waals surface area (Å²) in [6.07, 6.45) is 1.05. The smallest absolute Gasteiger partial charge is 0.326 e. The van der Waals surface area contributed by atoms with Crippen molar-refractivity contribution in [2.75, 3.05) is 7.11 Å². The summed E-state index contributed by atoms with van der Waals surface area (Å²) < 4.78 is 5.57. The molecule has 0 spiro atoms. The highest BCUT2D eigenvalue weighted by Crippen LogP contribution is 2.39. The zero-order valence-electron chi connectivity index (χ0n) is 17.6. The summed E-state index contributed by atoms with van der Waals surface area (Å²) in [5.74, 6) is -0.691. The second kappa shape index (κ2) is 8.64. The number of rotatable bonds is 5. The molecule has 1 fully saturated rings. The third-order valence-corrected chi connectivity index (χ3v) is 5.99. The second-order valence-corrected chi connectivity index (χ2v) is 7.80. The van der Waals surface area contributed by atoms with E-state index in [-0.39, 0.29) is 11.9 Å². The van der Waals surface area contributed by atoms with E-state index < -0.39 is 12.0 Å². The van der Waals surface area contributed by atoms with Crippen LogP contribution < -0.4 is 4.74 Å². The number of aliphatic carboxylic acids is 1. The van der Waals surface area contributed by atoms with Crippen LogP contribution in [-0.2, 0) is 4.79 Å². The minimum atomic E-state index is -0.975. The van der Waals surface area contributed by atoms with E-state index in [4.69, 9.17) is 4.74 Å². The van der Waals surface area contributed by atoms with Crippen molar-refractivity contribution >= 4 is 11.9 Å². The molecule has 3 aromatic carbocycles. The molecular weight excluding hydrogens is 390 g/mol. The number of carbonyl (C=O) groups excluding carboxylic acids is 1. The molecule has 0 saturated carbocycles. The minimum Gasteiger partial charge on any atom is -0.496 e. The molecule has 31 heavy (non-hydrogen) atoms. The van der Waals surface area contributed by atoms with Crippen LogP contribution in [0.5, 0.6) is 5.75 Å². The molecule has 1 aliphatic rings. The van der Waals surface area contributed by atoms with Crippen molar-refractivity contribution in [3.63, 3.8) is 0 Å². The number of amides is 1. The number of likely N-dealkylation sites (tertiary alicyclic amines) is 1. The van der Waals surface area contributed by atoms with Crippen LogP contribution in [0, 0.1) is 6.92 Å². The molecule has 1 aliphatic heterocycles. The summed E-state index contributed by atoms with van der Waals surface area (Å²) in [6.45, 7) is 1.99. The molecule has 1 N–H and O–H groups in total. The number of carboxylic acid groups (broad SMARTS) is 1. The molecule has 2 unspecified atom stereocenters. The van der Waals surface area contributed by atoms with Crippen molar-refractivity contribution in [2.24, 2.45) is 0 Å². The molecule has 5 heteroatoms. The molecule has 3 aromatic rings. The van der Waals surface area contributed by atoms with Crippen molar-refractivity contribution in [1.82, 2.24) is 4.90 Å². The van der Waals surface area contributed by atoms with Crippen LogP contribution in [-0.4, -0.2) is 35.0 Å². The van der Waals surface area contributed by atoms with Gasteiger partial charge in [0.2, 0.25) is 0 Å². The van der Waals surface area contributed by atoms with E-state index >= 15 is 0 Å². The quantitative estimate of drug-likeness (QED) is 0.629. The van der Waals surface area contributed by atoms with Crippen molar-refractivity contribution in [3.05, 3.63) is 89.5 Å². The number of methoxy groups -OCH3 is 1. The lowest BCUT2D eigenvalue weighted by atomic mass is 9.98. The van der Waals surface area contributed by atoms with E-state index in [1.54, 1.807) is 19.2 Å². The van der Waals surface area contributed by atoms with Gasteiger partial charge in [0.05, 0.1) is 13.2 Å². The zero-order valence-corrected chi connectivity index (χ0v) is 17.6. The molecule has 1 saturated heterocycles. The Morgan fingerprint density at radius 1 is 0.968 bits per heavy atom. The van der Waals surface area contributed by atoms with Gasteiger partial charge in [0, 0.05) is 11.1 Å². The first-order valence-electron chi connectivity index (χ1n) is 10.4. The summed E-state index contributed by atoms with van der Waals surface area (Å²) in [4.78, 5) is 27.1. The number of nitrogens with zero attached hydrogens (tertiary/aromatic N) is 1. The normalized spacial score (nSPS) is 18.1. The Morgan fingerprint density at radius 3 is 2.35 bits per heavy atom. The maximum Gasteiger partial charge on any atom is 0.326 e. The van der Waals surface area contributed by atoms with Gasteiger partial charge in [0.15, 0.2) is 0 Å². The third-order valence-electron chi connectivity index (χ3n) is 5.99. The van der Waals surface area contributed by atoms with Crippen LogP contribution in [0.1, 0.15) is 40.4 Å². The minimum absolute atomic E-state index is 0.269. The molecule has 0 bridgehead atoms. The fourth-order valence-electron chi connectivity index (χ4n) is 4.43. The first kappa shape index (κ1) is 20.7. The number of benzene rings is 3. The van der Waals surface area contributed by atoms with Crippen molar-refractivity contribution in [2.45, 2.75) is 31.8 Å². The number of carboxylic acids is 1. The Hall–Kier alpha value is -3.60. The molecular formula is C26H25NO4. The van der Waals surface area contributed by atoms with Crippen LogP contribution in [0.2, 0.25) is 0 Å². The Bertz CT molecular complexity index is 1110. The van der Waals surface area contributed by atoms with Crippen LogP contribution in [0.3, 0.4) is 0 Å². The van der Waals surface area contributed by atoms with E-state index in [1.165, 1.54) is 4.90 Å². The fourth-order valence-corrected chi connectivity index (χ4v) is 4.43. The van der Waals surface area contributed by atoms with Crippen LogP contribution in [0.25, 0.3) is 11.1 Å². The van der Waals surface area contributed by atoms with Gasteiger partial charge in [-0.3, -0.25) is 4.79 Å². The number of hydrogen-bond acceptors (Lipinski definition) is 3. The fraction of sp³-hybridized carbons (Fsp3) is 0.231. The lowest BCUT2D eigenvalue weighted by molar-refractivity contribution is -0.141. The third kappa shape index (κ3) is 3.91. The predicted octanol–water partition coefficient (Wildman–Crippen LogP) is 5.10. The number of hydrogen-bond donors (Lipinski definition) is 1. The lowest BCUT2D eigenvalue weighted by Crippen LogP contribution is -2.42. The summed E-state index contributed by atoms with van der Waals surface area (Å²) >= 11 is 0. The van der Waals surface area contributed by atoms with E-state index in [1.807, 2.05) is 67.6 Å². The molecule has 4 rings (SSSR count). The molecule has 1 heterocycles. The van der Waals surface area contributed by atoms with E-state index in [0.29, 0.717) is 24.2 Å². The van der Waals surface area contributed by atoms with Crippen molar-refractivity contribution in [1.29, 1.82) is 0 Å². The molecule has 5 nitrogen and oxygen atoms in total. The van der Waals surface area contributed by atoms with E-state index in [0.717, 1.165) is 22.3 Å². The Kier molecular flexibility index (Phi) is 5.76. The van der Waals surface area contributed by atoms with Gasteiger partial charge >= 0.3 is 5.97 Å². The molecule has 2 atom stereocenters. The van der Waals surface area contributed by atoms with Gasteiger partial charge in [0.25, 0.3) is 5.91 Å². The monoisotopic (exact) mass is 415 g/mol. The van der Waals surface area contributed by atoms with Gasteiger partial charge in [-0.2, -0.15) is 0 Å². The second-order valence-electron chi connectivity index (χ2n) is 7.80. The molecule has 1 amide bonds. The summed E-state index contributed by atoms with van der Waals surface area (Å²) in [7, 11) is 1.57. The molecule has 0 aromatic heterocycles. The average molecular weight is 415 g/mol. The highest BCUT2D eigenvalue weighted by atomic mass is 16.5. The number of carbonyl (C=O) groups is 2. The SMILES string of the molecule is COc1cc(C(=O)N2C(C(=O)O)CCC2c2ccccc2C)ccc1-c1ccccc1. The van der Waals surface area contributed by atoms with Gasteiger partial charge in [-0.05, 0) is 54.7 Å². The first-order valence-corrected chi connectivity index (χ1v) is 10.4. The number of ether oxygens (including phenoxy) is 1. The van der Waals surface area contributed by atoms with E-state index in [9.17, 15) is 14.7 Å². The lowest BCUT2D eigenvalue weighted by Gasteiger charge is -2.30. The van der Waals surface area contributed by atoms with Gasteiger partial charge in [-0.15, -0.1) is 0 Å². The predicted molar refractivity (Wildman–Crippen MR) is 119 cm³/mol. The standard InChI is InChI=1S/C26H25NO4/c1-17-8-6-7-11-20(17)22-14-15-23(26(29)30)27(22)25(28)19-12-13-21(24(16-19)31-2)18-9-4-3-5-10-18/h3-13,16,22-23H,14-15H2,1-2H3,(H,29,30).